The van der Waals surface area contributed by atoms with Crippen molar-refractivity contribution in [1.29, 1.82) is 0 Å². The van der Waals surface area contributed by atoms with Gasteiger partial charge in [0.05, 0.1) is 19.0 Å². The summed E-state index contributed by atoms with van der Waals surface area (Å²) in [7, 11) is 1.64. The molecule has 0 aliphatic heterocycles. The summed E-state index contributed by atoms with van der Waals surface area (Å²) in [5.74, 6) is 1.58. The minimum atomic E-state index is -0.175. The number of carbonyl (C=O) groups is 1. The fraction of sp³-hybridized carbons (Fsp3) is 0.273. The molecule has 1 amide bonds. The third-order valence-electron chi connectivity index (χ3n) is 5.07. The molecule has 0 saturated carbocycles. The minimum absolute atomic E-state index is 0.175. The molecule has 4 rings (SSSR count). The molecular formula is C22H24N6O2. The van der Waals surface area contributed by atoms with Crippen LogP contribution in [-0.4, -0.2) is 43.7 Å². The van der Waals surface area contributed by atoms with E-state index in [1.165, 1.54) is 0 Å². The lowest BCUT2D eigenvalue weighted by Gasteiger charge is -2.08. The highest BCUT2D eigenvalue weighted by atomic mass is 16.5. The Kier molecular flexibility index (Phi) is 5.47. The van der Waals surface area contributed by atoms with E-state index in [0.717, 1.165) is 41.5 Å². The van der Waals surface area contributed by atoms with Crippen molar-refractivity contribution >= 4 is 11.6 Å². The number of carbonyl (C=O) groups excluding carboxylic acids is 1. The van der Waals surface area contributed by atoms with E-state index in [0.29, 0.717) is 17.8 Å². The van der Waals surface area contributed by atoms with Crippen molar-refractivity contribution in [2.24, 2.45) is 0 Å². The Labute approximate surface area is 174 Å². The van der Waals surface area contributed by atoms with Gasteiger partial charge >= 0.3 is 0 Å². The standard InChI is InChI=1S/C22H24N6O2/c1-15-13-20(17-5-7-18(30-3)8-6-17)26-21-19(14-25-28(15)21)22(29)24-9-4-11-27-12-10-23-16(27)2/h5-8,10,12-14H,4,9,11H2,1-3H3,(H,24,29). The van der Waals surface area contributed by atoms with E-state index < -0.39 is 0 Å². The molecule has 0 aliphatic rings. The van der Waals surface area contributed by atoms with Crippen LogP contribution in [0.5, 0.6) is 5.75 Å². The fourth-order valence-corrected chi connectivity index (χ4v) is 3.37. The topological polar surface area (TPSA) is 86.3 Å². The average Bonchev–Trinajstić information content (AvgIpc) is 3.37. The third kappa shape index (κ3) is 3.89. The molecule has 30 heavy (non-hydrogen) atoms. The van der Waals surface area contributed by atoms with Crippen molar-refractivity contribution in [1.82, 2.24) is 29.5 Å². The second-order valence-corrected chi connectivity index (χ2v) is 7.08. The number of amides is 1. The van der Waals surface area contributed by atoms with Crippen LogP contribution in [0.2, 0.25) is 0 Å². The molecule has 0 saturated heterocycles. The number of nitrogens with zero attached hydrogens (tertiary/aromatic N) is 5. The molecule has 0 radical (unpaired) electrons. The van der Waals surface area contributed by atoms with Gasteiger partial charge in [-0.05, 0) is 50.6 Å². The quantitative estimate of drug-likeness (QED) is 0.479. The van der Waals surface area contributed by atoms with Crippen molar-refractivity contribution in [2.75, 3.05) is 13.7 Å². The molecule has 0 aliphatic carbocycles. The summed E-state index contributed by atoms with van der Waals surface area (Å²) in [4.78, 5) is 21.7. The van der Waals surface area contributed by atoms with E-state index in [9.17, 15) is 4.79 Å². The van der Waals surface area contributed by atoms with E-state index in [1.54, 1.807) is 24.0 Å². The molecule has 1 N–H and O–H groups in total. The smallest absolute Gasteiger partial charge is 0.256 e. The van der Waals surface area contributed by atoms with Gasteiger partial charge in [0.25, 0.3) is 5.91 Å². The number of benzene rings is 1. The highest BCUT2D eigenvalue weighted by Gasteiger charge is 2.16. The van der Waals surface area contributed by atoms with Crippen LogP contribution in [0.3, 0.4) is 0 Å². The van der Waals surface area contributed by atoms with Gasteiger partial charge in [0.1, 0.15) is 17.1 Å². The Morgan fingerprint density at radius 2 is 2.00 bits per heavy atom. The lowest BCUT2D eigenvalue weighted by Crippen LogP contribution is -2.25. The molecule has 4 aromatic rings. The first-order valence-corrected chi connectivity index (χ1v) is 9.82. The lowest BCUT2D eigenvalue weighted by atomic mass is 10.1. The van der Waals surface area contributed by atoms with Crippen LogP contribution in [0.4, 0.5) is 0 Å². The zero-order valence-corrected chi connectivity index (χ0v) is 17.3. The Morgan fingerprint density at radius 1 is 1.20 bits per heavy atom. The van der Waals surface area contributed by atoms with Crippen molar-refractivity contribution in [3.63, 3.8) is 0 Å². The normalized spacial score (nSPS) is 11.0. The van der Waals surface area contributed by atoms with Crippen LogP contribution in [0.1, 0.15) is 28.3 Å². The van der Waals surface area contributed by atoms with Gasteiger partial charge in [-0.2, -0.15) is 5.10 Å². The van der Waals surface area contributed by atoms with E-state index >= 15 is 0 Å². The summed E-state index contributed by atoms with van der Waals surface area (Å²) in [5.41, 5.74) is 3.65. The molecule has 0 atom stereocenters. The van der Waals surface area contributed by atoms with Crippen molar-refractivity contribution in [2.45, 2.75) is 26.8 Å². The van der Waals surface area contributed by atoms with Crippen LogP contribution in [-0.2, 0) is 6.54 Å². The monoisotopic (exact) mass is 404 g/mol. The predicted molar refractivity (Wildman–Crippen MR) is 114 cm³/mol. The van der Waals surface area contributed by atoms with E-state index in [-0.39, 0.29) is 5.91 Å². The largest absolute Gasteiger partial charge is 0.497 e. The Morgan fingerprint density at radius 3 is 2.70 bits per heavy atom. The first-order chi connectivity index (χ1) is 14.6. The van der Waals surface area contributed by atoms with Crippen LogP contribution >= 0.6 is 0 Å². The predicted octanol–water partition coefficient (Wildman–Crippen LogP) is 3.04. The van der Waals surface area contributed by atoms with Gasteiger partial charge in [-0.25, -0.2) is 14.5 Å². The van der Waals surface area contributed by atoms with Crippen molar-refractivity contribution in [3.05, 3.63) is 66.0 Å². The molecule has 0 unspecified atom stereocenters. The highest BCUT2D eigenvalue weighted by Crippen LogP contribution is 2.23. The van der Waals surface area contributed by atoms with Gasteiger partial charge in [-0.3, -0.25) is 4.79 Å². The number of rotatable bonds is 7. The van der Waals surface area contributed by atoms with Gasteiger partial charge in [0.15, 0.2) is 5.65 Å². The molecule has 3 aromatic heterocycles. The third-order valence-corrected chi connectivity index (χ3v) is 5.07. The van der Waals surface area contributed by atoms with Crippen molar-refractivity contribution < 1.29 is 9.53 Å². The Hall–Kier alpha value is -3.68. The molecule has 154 valence electrons. The molecule has 0 fully saturated rings. The number of aromatic nitrogens is 5. The van der Waals surface area contributed by atoms with Crippen LogP contribution in [0.25, 0.3) is 16.9 Å². The minimum Gasteiger partial charge on any atom is -0.497 e. The summed E-state index contributed by atoms with van der Waals surface area (Å²) in [6.45, 7) is 5.28. The molecule has 8 heteroatoms. The van der Waals surface area contributed by atoms with Crippen LogP contribution in [0.15, 0.2) is 48.9 Å². The molecule has 0 bridgehead atoms. The van der Waals surface area contributed by atoms with Gasteiger partial charge in [0, 0.05) is 36.7 Å². The number of imidazole rings is 1. The maximum absolute atomic E-state index is 12.8. The van der Waals surface area contributed by atoms with Crippen LogP contribution in [0, 0.1) is 13.8 Å². The molecule has 8 nitrogen and oxygen atoms in total. The van der Waals surface area contributed by atoms with E-state index in [4.69, 9.17) is 9.72 Å². The van der Waals surface area contributed by atoms with Crippen LogP contribution < -0.4 is 10.1 Å². The maximum Gasteiger partial charge on any atom is 0.256 e. The van der Waals surface area contributed by atoms with Crippen molar-refractivity contribution in [3.8, 4) is 17.0 Å². The number of hydrogen-bond acceptors (Lipinski definition) is 5. The fourth-order valence-electron chi connectivity index (χ4n) is 3.37. The molecule has 1 aromatic carbocycles. The number of hydrogen-bond donors (Lipinski definition) is 1. The van der Waals surface area contributed by atoms with Gasteiger partial charge in [-0.15, -0.1) is 0 Å². The van der Waals surface area contributed by atoms with E-state index in [1.807, 2.05) is 50.4 Å². The first-order valence-electron chi connectivity index (χ1n) is 9.82. The number of fused-ring (bicyclic) bond motifs is 1. The maximum atomic E-state index is 12.8. The lowest BCUT2D eigenvalue weighted by molar-refractivity contribution is 0.0954. The summed E-state index contributed by atoms with van der Waals surface area (Å²) < 4.78 is 8.98. The summed E-state index contributed by atoms with van der Waals surface area (Å²) in [5, 5.41) is 7.31. The number of methoxy groups -OCH3 is 1. The Balaban J connectivity index is 1.51. The summed E-state index contributed by atoms with van der Waals surface area (Å²) in [6, 6.07) is 9.64. The molecular weight excluding hydrogens is 380 g/mol. The summed E-state index contributed by atoms with van der Waals surface area (Å²) in [6.07, 6.45) is 6.10. The van der Waals surface area contributed by atoms with Gasteiger partial charge in [0.2, 0.25) is 0 Å². The number of aryl methyl sites for hydroxylation is 3. The summed E-state index contributed by atoms with van der Waals surface area (Å²) >= 11 is 0. The SMILES string of the molecule is COc1ccc(-c2cc(C)n3ncc(C(=O)NCCCn4ccnc4C)c3n2)cc1. The second kappa shape index (κ2) is 8.36. The Bertz CT molecular complexity index is 1180. The molecule has 3 heterocycles. The first kappa shape index (κ1) is 19.6. The van der Waals surface area contributed by atoms with E-state index in [2.05, 4.69) is 20.0 Å². The van der Waals surface area contributed by atoms with Gasteiger partial charge in [-0.1, -0.05) is 0 Å². The number of nitrogens with one attached hydrogen (secondary N) is 1. The zero-order chi connectivity index (χ0) is 21.1. The average molecular weight is 404 g/mol. The molecule has 0 spiro atoms. The zero-order valence-electron chi connectivity index (χ0n) is 17.3. The second-order valence-electron chi connectivity index (χ2n) is 7.08. The number of ether oxygens (including phenoxy) is 1. The van der Waals surface area contributed by atoms with Gasteiger partial charge < -0.3 is 14.6 Å². The highest BCUT2D eigenvalue weighted by molar-refractivity contribution is 5.99.